The van der Waals surface area contributed by atoms with Gasteiger partial charge in [-0.3, -0.25) is 9.59 Å². The molecule has 0 spiro atoms. The van der Waals surface area contributed by atoms with Crippen LogP contribution in [0.1, 0.15) is 48.6 Å². The number of aliphatic hydroxyl groups is 2. The Morgan fingerprint density at radius 3 is 1.40 bits per heavy atom. The van der Waals surface area contributed by atoms with Gasteiger partial charge in [0.1, 0.15) is 11.5 Å². The van der Waals surface area contributed by atoms with E-state index >= 15 is 0 Å². The molecule has 230 valence electrons. The number of hydrogen-bond donors (Lipinski definition) is 8. The van der Waals surface area contributed by atoms with E-state index in [1.807, 2.05) is 24.3 Å². The summed E-state index contributed by atoms with van der Waals surface area (Å²) in [5, 5.41) is 58.5. The number of aliphatic carboxylic acids is 2. The molecule has 0 bridgehead atoms. The number of ether oxygens (including phenoxy) is 2. The number of phenolic OH excluding ortho intramolecular Hbond substituents is 2. The van der Waals surface area contributed by atoms with Gasteiger partial charge >= 0.3 is 23.9 Å². The highest BCUT2D eigenvalue weighted by Gasteiger charge is 2.29. The van der Waals surface area contributed by atoms with E-state index in [1.165, 1.54) is 14.2 Å². The number of carbonyl (C=O) groups excluding carboxylic acids is 2. The highest BCUT2D eigenvalue weighted by Crippen LogP contribution is 2.41. The lowest BCUT2D eigenvalue weighted by Gasteiger charge is -2.10. The number of aliphatic hydroxyl groups excluding tert-OH is 2. The van der Waals surface area contributed by atoms with Gasteiger partial charge in [0, 0.05) is 60.3 Å². The molecule has 0 saturated heterocycles. The number of carbonyl (C=O) groups is 4. The molecule has 2 aromatic rings. The van der Waals surface area contributed by atoms with Crippen molar-refractivity contribution in [3.05, 3.63) is 47.5 Å². The van der Waals surface area contributed by atoms with Gasteiger partial charge in [-0.25, -0.2) is 9.59 Å². The number of fused-ring (bicyclic) bond motifs is 2. The third-order valence-corrected chi connectivity index (χ3v) is 6.71. The first-order valence-corrected chi connectivity index (χ1v) is 13.0. The second-order valence-corrected chi connectivity index (χ2v) is 9.43. The van der Waals surface area contributed by atoms with E-state index < -0.39 is 24.1 Å². The minimum absolute atomic E-state index is 0.190. The second-order valence-electron chi connectivity index (χ2n) is 9.43. The van der Waals surface area contributed by atoms with Crippen molar-refractivity contribution in [3.63, 3.8) is 0 Å². The molecule has 4 unspecified atom stereocenters. The lowest BCUT2D eigenvalue weighted by atomic mass is 9.95. The Labute approximate surface area is 241 Å². The normalized spacial score (nSPS) is 17.2. The topological polar surface area (TPSA) is 232 Å². The number of anilines is 2. The van der Waals surface area contributed by atoms with Crippen molar-refractivity contribution in [3.8, 4) is 11.5 Å². The summed E-state index contributed by atoms with van der Waals surface area (Å²) in [5.74, 6) is -2.96. The van der Waals surface area contributed by atoms with Crippen LogP contribution in [0, 0.1) is 0 Å². The molecule has 8 N–H and O–H groups in total. The summed E-state index contributed by atoms with van der Waals surface area (Å²) < 4.78 is 9.21. The van der Waals surface area contributed by atoms with Gasteiger partial charge in [0.15, 0.2) is 12.2 Å². The number of phenols is 2. The molecule has 0 aromatic heterocycles. The fourth-order valence-corrected chi connectivity index (χ4v) is 4.49. The Morgan fingerprint density at radius 1 is 0.738 bits per heavy atom. The third kappa shape index (κ3) is 9.24. The molecule has 2 heterocycles. The number of methoxy groups -OCH3 is 2. The molecule has 2 aromatic carbocycles. The third-order valence-electron chi connectivity index (χ3n) is 6.71. The second kappa shape index (κ2) is 16.0. The van der Waals surface area contributed by atoms with Crippen LogP contribution in [0.25, 0.3) is 0 Å². The number of carboxylic acids is 2. The van der Waals surface area contributed by atoms with E-state index in [0.29, 0.717) is 37.2 Å². The molecule has 2 aliphatic rings. The molecule has 42 heavy (non-hydrogen) atoms. The highest BCUT2D eigenvalue weighted by atomic mass is 16.5. The van der Waals surface area contributed by atoms with E-state index in [1.54, 1.807) is 12.1 Å². The number of nitrogens with one attached hydrogen (secondary N) is 2. The van der Waals surface area contributed by atoms with Crippen LogP contribution in [0.2, 0.25) is 0 Å². The maximum Gasteiger partial charge on any atom is 0.335 e. The van der Waals surface area contributed by atoms with E-state index in [-0.39, 0.29) is 23.8 Å². The Balaban J connectivity index is 0.000000228. The van der Waals surface area contributed by atoms with Crippen LogP contribution < -0.4 is 10.6 Å². The SMILES string of the molecule is COC(=O)CCC1CNc2cccc(O)c21.COC(=O)CCC1CNc2cccc(O)c21.O=C(O)C(O)C(O)C(=O)O. The van der Waals surface area contributed by atoms with Crippen LogP contribution in [-0.4, -0.2) is 94.0 Å². The summed E-state index contributed by atoms with van der Waals surface area (Å²) >= 11 is 0. The van der Waals surface area contributed by atoms with Gasteiger partial charge in [0.05, 0.1) is 14.2 Å². The predicted molar refractivity (Wildman–Crippen MR) is 148 cm³/mol. The average molecular weight is 593 g/mol. The summed E-state index contributed by atoms with van der Waals surface area (Å²) in [6, 6.07) is 10.8. The Hall–Kier alpha value is -4.56. The Bertz CT molecular complexity index is 1160. The summed E-state index contributed by atoms with van der Waals surface area (Å²) in [7, 11) is 2.78. The standard InChI is InChI=1S/2C12H15NO3.C4H6O6/c2*1-16-11(15)6-5-8-7-13-9-3-2-4-10(14)12(8)9;5-1(3(7)8)2(6)4(9)10/h2*2-4,8,13-14H,5-7H2,1H3;1-2,5-6H,(H,7,8)(H,9,10). The summed E-state index contributed by atoms with van der Waals surface area (Å²) in [6.07, 6.45) is -2.36. The highest BCUT2D eigenvalue weighted by molar-refractivity contribution is 5.83. The summed E-state index contributed by atoms with van der Waals surface area (Å²) in [5.41, 5.74) is 3.78. The van der Waals surface area contributed by atoms with Crippen molar-refractivity contribution in [2.24, 2.45) is 0 Å². The molecule has 0 radical (unpaired) electrons. The van der Waals surface area contributed by atoms with Gasteiger partial charge in [-0.15, -0.1) is 0 Å². The molecule has 0 aliphatic carbocycles. The smallest absolute Gasteiger partial charge is 0.335 e. The van der Waals surface area contributed by atoms with E-state index in [2.05, 4.69) is 20.1 Å². The maximum atomic E-state index is 11.1. The molecular formula is C28H36N2O12. The summed E-state index contributed by atoms with van der Waals surface area (Å²) in [6.45, 7) is 1.54. The molecular weight excluding hydrogens is 556 g/mol. The van der Waals surface area contributed by atoms with Gasteiger partial charge in [-0.05, 0) is 37.1 Å². The Kier molecular flexibility index (Phi) is 12.8. The zero-order valence-corrected chi connectivity index (χ0v) is 23.1. The van der Waals surface area contributed by atoms with E-state index in [4.69, 9.17) is 20.4 Å². The van der Waals surface area contributed by atoms with Crippen LogP contribution in [0.4, 0.5) is 11.4 Å². The van der Waals surface area contributed by atoms with Crippen LogP contribution in [-0.2, 0) is 28.7 Å². The molecule has 4 atom stereocenters. The lowest BCUT2D eigenvalue weighted by molar-refractivity contribution is -0.165. The fraction of sp³-hybridized carbons (Fsp3) is 0.429. The van der Waals surface area contributed by atoms with Crippen molar-refractivity contribution in [2.75, 3.05) is 37.9 Å². The molecule has 2 aliphatic heterocycles. The number of benzene rings is 2. The summed E-state index contributed by atoms with van der Waals surface area (Å²) in [4.78, 5) is 41.7. The van der Waals surface area contributed by atoms with E-state index in [0.717, 1.165) is 35.6 Å². The minimum atomic E-state index is -2.27. The quantitative estimate of drug-likeness (QED) is 0.193. The lowest BCUT2D eigenvalue weighted by Crippen LogP contribution is -2.39. The average Bonchev–Trinajstić information content (AvgIpc) is 3.60. The largest absolute Gasteiger partial charge is 0.508 e. The first kappa shape index (κ1) is 33.6. The zero-order chi connectivity index (χ0) is 31.4. The first-order valence-electron chi connectivity index (χ1n) is 13.0. The van der Waals surface area contributed by atoms with Gasteiger partial charge < -0.3 is 50.7 Å². The van der Waals surface area contributed by atoms with Crippen LogP contribution in [0.3, 0.4) is 0 Å². The molecule has 0 fully saturated rings. The first-order chi connectivity index (χ1) is 19.9. The zero-order valence-electron chi connectivity index (χ0n) is 23.1. The van der Waals surface area contributed by atoms with Crippen molar-refractivity contribution in [1.29, 1.82) is 0 Å². The minimum Gasteiger partial charge on any atom is -0.508 e. The molecule has 0 saturated carbocycles. The number of hydrogen-bond acceptors (Lipinski definition) is 12. The number of rotatable bonds is 9. The van der Waals surface area contributed by atoms with Gasteiger partial charge in [0.25, 0.3) is 0 Å². The van der Waals surface area contributed by atoms with Gasteiger partial charge in [-0.1, -0.05) is 12.1 Å². The van der Waals surface area contributed by atoms with Crippen molar-refractivity contribution in [2.45, 2.75) is 49.7 Å². The fourth-order valence-electron chi connectivity index (χ4n) is 4.49. The molecule has 4 rings (SSSR count). The molecule has 14 heteroatoms. The molecule has 0 amide bonds. The van der Waals surface area contributed by atoms with Crippen LogP contribution >= 0.6 is 0 Å². The van der Waals surface area contributed by atoms with Gasteiger partial charge in [0.2, 0.25) is 0 Å². The number of carboxylic acid groups (broad SMARTS) is 2. The maximum absolute atomic E-state index is 11.1. The monoisotopic (exact) mass is 592 g/mol. The van der Waals surface area contributed by atoms with Crippen LogP contribution in [0.15, 0.2) is 36.4 Å². The van der Waals surface area contributed by atoms with Crippen molar-refractivity contribution >= 4 is 35.3 Å². The number of esters is 2. The predicted octanol–water partition coefficient (Wildman–Crippen LogP) is 1.59. The van der Waals surface area contributed by atoms with Crippen molar-refractivity contribution in [1.82, 2.24) is 0 Å². The molecule has 14 nitrogen and oxygen atoms in total. The van der Waals surface area contributed by atoms with Crippen LogP contribution in [0.5, 0.6) is 11.5 Å². The van der Waals surface area contributed by atoms with E-state index in [9.17, 15) is 29.4 Å². The Morgan fingerprint density at radius 2 is 1.10 bits per heavy atom. The number of aromatic hydroxyl groups is 2. The van der Waals surface area contributed by atoms with Crippen molar-refractivity contribution < 1.29 is 59.3 Å². The van der Waals surface area contributed by atoms with Gasteiger partial charge in [-0.2, -0.15) is 0 Å².